The maximum Gasteiger partial charge on any atom is 0.416 e. The molecule has 1 aromatic carbocycles. The summed E-state index contributed by atoms with van der Waals surface area (Å²) in [6, 6.07) is 5.15. The Hall–Kier alpha value is -1.93. The van der Waals surface area contributed by atoms with Crippen LogP contribution in [0.2, 0.25) is 0 Å². The second kappa shape index (κ2) is 6.67. The number of benzene rings is 1. The molecule has 23 heavy (non-hydrogen) atoms. The van der Waals surface area contributed by atoms with E-state index in [-0.39, 0.29) is 0 Å². The normalized spacial score (nSPS) is 17.2. The maximum atomic E-state index is 12.9. The summed E-state index contributed by atoms with van der Waals surface area (Å²) in [4.78, 5) is 2.25. The van der Waals surface area contributed by atoms with Crippen LogP contribution in [0.4, 0.5) is 13.2 Å². The quantitative estimate of drug-likeness (QED) is 0.939. The average Bonchev–Trinajstić information content (AvgIpc) is 2.82. The highest BCUT2D eigenvalue weighted by molar-refractivity contribution is 5.37. The highest BCUT2D eigenvalue weighted by Crippen LogP contribution is 2.30. The molecule has 5 nitrogen and oxygen atoms in total. The van der Waals surface area contributed by atoms with Crippen LogP contribution in [-0.2, 0) is 12.7 Å². The van der Waals surface area contributed by atoms with E-state index in [0.717, 1.165) is 50.4 Å². The largest absolute Gasteiger partial charge is 0.416 e. The van der Waals surface area contributed by atoms with E-state index < -0.39 is 11.7 Å². The van der Waals surface area contributed by atoms with E-state index in [1.165, 1.54) is 10.7 Å². The standard InChI is InChI=1S/C15H18F3N5/c16-15(17,18)12-3-1-4-13(9-12)23-14(10-20-21-23)11-22-7-2-5-19-6-8-22/h1,3-4,9-10,19H,2,5-8,11H2. The van der Waals surface area contributed by atoms with Gasteiger partial charge in [-0.2, -0.15) is 13.2 Å². The minimum Gasteiger partial charge on any atom is -0.315 e. The third kappa shape index (κ3) is 3.89. The molecule has 0 amide bonds. The fourth-order valence-corrected chi connectivity index (χ4v) is 2.68. The van der Waals surface area contributed by atoms with E-state index in [9.17, 15) is 13.2 Å². The van der Waals surface area contributed by atoms with Crippen molar-refractivity contribution in [3.63, 3.8) is 0 Å². The molecule has 2 aromatic rings. The van der Waals surface area contributed by atoms with Gasteiger partial charge in [0.2, 0.25) is 0 Å². The molecule has 1 fully saturated rings. The van der Waals surface area contributed by atoms with Crippen LogP contribution in [0.25, 0.3) is 5.69 Å². The molecule has 8 heteroatoms. The van der Waals surface area contributed by atoms with Gasteiger partial charge in [-0.15, -0.1) is 5.10 Å². The van der Waals surface area contributed by atoms with E-state index in [1.54, 1.807) is 12.3 Å². The van der Waals surface area contributed by atoms with Gasteiger partial charge in [-0.25, -0.2) is 4.68 Å². The first-order valence-corrected chi connectivity index (χ1v) is 7.54. The highest BCUT2D eigenvalue weighted by atomic mass is 19.4. The van der Waals surface area contributed by atoms with Crippen molar-refractivity contribution in [1.82, 2.24) is 25.2 Å². The molecular weight excluding hydrogens is 307 g/mol. The van der Waals surface area contributed by atoms with Crippen LogP contribution in [0.3, 0.4) is 0 Å². The van der Waals surface area contributed by atoms with E-state index in [2.05, 4.69) is 20.5 Å². The van der Waals surface area contributed by atoms with Crippen LogP contribution in [0.15, 0.2) is 30.5 Å². The van der Waals surface area contributed by atoms with Crippen molar-refractivity contribution in [2.24, 2.45) is 0 Å². The molecule has 1 aliphatic heterocycles. The van der Waals surface area contributed by atoms with E-state index in [0.29, 0.717) is 12.2 Å². The molecule has 124 valence electrons. The van der Waals surface area contributed by atoms with Crippen LogP contribution in [0.5, 0.6) is 0 Å². The zero-order chi connectivity index (χ0) is 16.3. The number of halogens is 3. The highest BCUT2D eigenvalue weighted by Gasteiger charge is 2.30. The summed E-state index contributed by atoms with van der Waals surface area (Å²) < 4.78 is 40.1. The molecule has 0 spiro atoms. The molecule has 0 radical (unpaired) electrons. The molecule has 1 aliphatic rings. The van der Waals surface area contributed by atoms with Crippen molar-refractivity contribution in [2.45, 2.75) is 19.1 Å². The second-order valence-corrected chi connectivity index (χ2v) is 5.56. The minimum atomic E-state index is -4.37. The Kier molecular flexibility index (Phi) is 4.63. The van der Waals surface area contributed by atoms with E-state index >= 15 is 0 Å². The number of nitrogens with one attached hydrogen (secondary N) is 1. The Morgan fingerprint density at radius 3 is 2.87 bits per heavy atom. The summed E-state index contributed by atoms with van der Waals surface area (Å²) in [7, 11) is 0. The lowest BCUT2D eigenvalue weighted by Gasteiger charge is -2.19. The number of hydrogen-bond donors (Lipinski definition) is 1. The van der Waals surface area contributed by atoms with Crippen molar-refractivity contribution in [1.29, 1.82) is 0 Å². The van der Waals surface area contributed by atoms with Gasteiger partial charge in [0.15, 0.2) is 0 Å². The third-order valence-electron chi connectivity index (χ3n) is 3.86. The van der Waals surface area contributed by atoms with Gasteiger partial charge in [-0.3, -0.25) is 4.90 Å². The number of aromatic nitrogens is 3. The van der Waals surface area contributed by atoms with Gasteiger partial charge in [-0.05, 0) is 37.7 Å². The summed E-state index contributed by atoms with van der Waals surface area (Å²) in [5.74, 6) is 0. The summed E-state index contributed by atoms with van der Waals surface area (Å²) >= 11 is 0. The van der Waals surface area contributed by atoms with Gasteiger partial charge in [0, 0.05) is 19.6 Å². The van der Waals surface area contributed by atoms with Crippen LogP contribution >= 0.6 is 0 Å². The zero-order valence-corrected chi connectivity index (χ0v) is 12.6. The summed E-state index contributed by atoms with van der Waals surface area (Å²) in [6.45, 7) is 4.35. The molecule has 1 saturated heterocycles. The van der Waals surface area contributed by atoms with Crippen LogP contribution in [0, 0.1) is 0 Å². The lowest BCUT2D eigenvalue weighted by molar-refractivity contribution is -0.137. The number of rotatable bonds is 3. The molecule has 1 aromatic heterocycles. The molecule has 0 bridgehead atoms. The molecule has 0 atom stereocenters. The Morgan fingerprint density at radius 1 is 1.17 bits per heavy atom. The number of nitrogens with zero attached hydrogens (tertiary/aromatic N) is 4. The van der Waals surface area contributed by atoms with Crippen molar-refractivity contribution in [3.05, 3.63) is 41.7 Å². The lowest BCUT2D eigenvalue weighted by atomic mass is 10.2. The Morgan fingerprint density at radius 2 is 2.04 bits per heavy atom. The maximum absolute atomic E-state index is 12.9. The average molecular weight is 325 g/mol. The van der Waals surface area contributed by atoms with Crippen molar-refractivity contribution < 1.29 is 13.2 Å². The van der Waals surface area contributed by atoms with Crippen LogP contribution in [0.1, 0.15) is 17.7 Å². The first-order chi connectivity index (χ1) is 11.0. The second-order valence-electron chi connectivity index (χ2n) is 5.56. The third-order valence-corrected chi connectivity index (χ3v) is 3.86. The number of alkyl halides is 3. The van der Waals surface area contributed by atoms with Crippen molar-refractivity contribution in [3.8, 4) is 5.69 Å². The molecule has 2 heterocycles. The molecule has 0 aliphatic carbocycles. The molecule has 1 N–H and O–H groups in total. The van der Waals surface area contributed by atoms with Gasteiger partial charge in [-0.1, -0.05) is 11.3 Å². The Balaban J connectivity index is 1.83. The fraction of sp³-hybridized carbons (Fsp3) is 0.467. The van der Waals surface area contributed by atoms with Gasteiger partial charge >= 0.3 is 6.18 Å². The van der Waals surface area contributed by atoms with E-state index in [1.807, 2.05) is 0 Å². The Bertz CT molecular complexity index is 645. The first kappa shape index (κ1) is 15.9. The SMILES string of the molecule is FC(F)(F)c1cccc(-n2nncc2CN2CCCNCC2)c1. The van der Waals surface area contributed by atoms with Crippen LogP contribution < -0.4 is 5.32 Å². The predicted molar refractivity (Wildman–Crippen MR) is 79.1 cm³/mol. The number of hydrogen-bond acceptors (Lipinski definition) is 4. The predicted octanol–water partition coefficient (Wildman–Crippen LogP) is 2.08. The van der Waals surface area contributed by atoms with Crippen LogP contribution in [-0.4, -0.2) is 46.1 Å². The van der Waals surface area contributed by atoms with Gasteiger partial charge in [0.1, 0.15) is 0 Å². The molecule has 3 rings (SSSR count). The molecular formula is C15H18F3N5. The monoisotopic (exact) mass is 325 g/mol. The van der Waals surface area contributed by atoms with Gasteiger partial charge < -0.3 is 5.32 Å². The fourth-order valence-electron chi connectivity index (χ4n) is 2.68. The van der Waals surface area contributed by atoms with Gasteiger partial charge in [0.05, 0.1) is 23.1 Å². The Labute approximate surface area is 132 Å². The van der Waals surface area contributed by atoms with E-state index in [4.69, 9.17) is 0 Å². The lowest BCUT2D eigenvalue weighted by Crippen LogP contribution is -2.28. The van der Waals surface area contributed by atoms with Crippen molar-refractivity contribution >= 4 is 0 Å². The minimum absolute atomic E-state index is 0.375. The smallest absolute Gasteiger partial charge is 0.315 e. The topological polar surface area (TPSA) is 46.0 Å². The summed E-state index contributed by atoms with van der Waals surface area (Å²) in [5, 5.41) is 11.1. The van der Waals surface area contributed by atoms with Gasteiger partial charge in [0.25, 0.3) is 0 Å². The summed E-state index contributed by atoms with van der Waals surface area (Å²) in [5.41, 5.74) is 0.474. The summed E-state index contributed by atoms with van der Waals surface area (Å²) in [6.07, 6.45) is -1.71. The molecule has 0 saturated carbocycles. The van der Waals surface area contributed by atoms with Crippen molar-refractivity contribution in [2.75, 3.05) is 26.2 Å². The first-order valence-electron chi connectivity index (χ1n) is 7.54. The zero-order valence-electron chi connectivity index (χ0n) is 12.6. The molecule has 0 unspecified atom stereocenters.